The molecule has 0 spiro atoms. The summed E-state index contributed by atoms with van der Waals surface area (Å²) < 4.78 is 29.7. The molecule has 3 aliphatic rings. The summed E-state index contributed by atoms with van der Waals surface area (Å²) in [6.45, 7) is 4.82. The topological polar surface area (TPSA) is 78.5 Å². The molecule has 4 rings (SSSR count). The lowest BCUT2D eigenvalue weighted by atomic mass is 9.80. The second-order valence-electron chi connectivity index (χ2n) is 11.1. The summed E-state index contributed by atoms with van der Waals surface area (Å²) in [7, 11) is 0. The summed E-state index contributed by atoms with van der Waals surface area (Å²) in [5.41, 5.74) is 0.00113. The van der Waals surface area contributed by atoms with Gasteiger partial charge >= 0.3 is 0 Å². The molecule has 2 N–H and O–H groups in total. The van der Waals surface area contributed by atoms with Crippen LogP contribution in [-0.4, -0.2) is 54.2 Å². The first kappa shape index (κ1) is 26.7. The third kappa shape index (κ3) is 6.50. The Kier molecular flexibility index (Phi) is 8.75. The van der Waals surface area contributed by atoms with E-state index in [0.29, 0.717) is 32.0 Å². The van der Waals surface area contributed by atoms with Crippen molar-refractivity contribution in [3.63, 3.8) is 0 Å². The first-order valence-electron chi connectivity index (χ1n) is 13.6. The highest BCUT2D eigenvalue weighted by Crippen LogP contribution is 2.32. The number of amides is 2. The van der Waals surface area contributed by atoms with Gasteiger partial charge in [-0.1, -0.05) is 33.1 Å². The molecule has 1 saturated heterocycles. The van der Waals surface area contributed by atoms with Crippen LogP contribution in [-0.2, 0) is 9.59 Å². The van der Waals surface area contributed by atoms with Gasteiger partial charge in [-0.2, -0.15) is 0 Å². The van der Waals surface area contributed by atoms with Crippen molar-refractivity contribution >= 4 is 17.6 Å². The van der Waals surface area contributed by atoms with Gasteiger partial charge in [0.25, 0.3) is 5.91 Å². The average Bonchev–Trinajstić information content (AvgIpc) is 3.70. The van der Waals surface area contributed by atoms with E-state index in [0.717, 1.165) is 51.0 Å². The standard InChI is InChI=1S/C28H39F2N3O3/c1-17(2)27(35)26(18-7-4-3-5-8-18)32-28(36)22-13-21(23(29)14-24(22)30)19-9-6-12-33(16-19)25(34)15-31-20-10-11-20/h13-14,17-20,26,31H,3-12,15-16H2,1-2H3,(H,32,36)/t19?,26-/m1/s1. The van der Waals surface area contributed by atoms with Crippen molar-refractivity contribution in [2.75, 3.05) is 19.6 Å². The monoisotopic (exact) mass is 503 g/mol. The van der Waals surface area contributed by atoms with Gasteiger partial charge in [0.1, 0.15) is 11.6 Å². The highest BCUT2D eigenvalue weighted by atomic mass is 19.1. The smallest absolute Gasteiger partial charge is 0.254 e. The normalized spacial score (nSPS) is 21.9. The molecule has 2 atom stereocenters. The fraction of sp³-hybridized carbons (Fsp3) is 0.679. The maximum Gasteiger partial charge on any atom is 0.254 e. The fourth-order valence-electron chi connectivity index (χ4n) is 5.61. The van der Waals surface area contributed by atoms with Gasteiger partial charge in [0.15, 0.2) is 5.78 Å². The summed E-state index contributed by atoms with van der Waals surface area (Å²) in [6, 6.07) is 1.80. The van der Waals surface area contributed by atoms with Crippen molar-refractivity contribution in [1.82, 2.24) is 15.5 Å². The number of carbonyl (C=O) groups excluding carboxylic acids is 3. The first-order valence-corrected chi connectivity index (χ1v) is 13.6. The van der Waals surface area contributed by atoms with E-state index in [1.165, 1.54) is 6.07 Å². The number of ketones is 1. The molecule has 0 aromatic heterocycles. The van der Waals surface area contributed by atoms with Crippen LogP contribution in [0.3, 0.4) is 0 Å². The van der Waals surface area contributed by atoms with Gasteiger partial charge in [0.2, 0.25) is 5.91 Å². The van der Waals surface area contributed by atoms with Crippen LogP contribution in [0.2, 0.25) is 0 Å². The van der Waals surface area contributed by atoms with Crippen LogP contribution in [0, 0.1) is 23.5 Å². The summed E-state index contributed by atoms with van der Waals surface area (Å²) in [4.78, 5) is 40.5. The maximum atomic E-state index is 14.9. The van der Waals surface area contributed by atoms with Gasteiger partial charge in [-0.05, 0) is 56.1 Å². The minimum Gasteiger partial charge on any atom is -0.342 e. The molecule has 6 nitrogen and oxygen atoms in total. The van der Waals surface area contributed by atoms with Gasteiger partial charge in [-0.3, -0.25) is 14.4 Å². The van der Waals surface area contributed by atoms with Crippen LogP contribution in [0.25, 0.3) is 0 Å². The lowest BCUT2D eigenvalue weighted by molar-refractivity contribution is -0.131. The predicted molar refractivity (Wildman–Crippen MR) is 134 cm³/mol. The third-order valence-corrected chi connectivity index (χ3v) is 7.95. The molecule has 2 aliphatic carbocycles. The van der Waals surface area contributed by atoms with Crippen molar-refractivity contribution in [3.8, 4) is 0 Å². The number of halogens is 2. The van der Waals surface area contributed by atoms with Gasteiger partial charge in [-0.25, -0.2) is 8.78 Å². The molecule has 1 aromatic carbocycles. The Bertz CT molecular complexity index is 973. The number of nitrogens with zero attached hydrogens (tertiary/aromatic N) is 1. The summed E-state index contributed by atoms with van der Waals surface area (Å²) in [5, 5.41) is 6.03. The molecule has 2 amide bonds. The molecule has 0 radical (unpaired) electrons. The SMILES string of the molecule is CC(C)C(=O)[C@H](NC(=O)c1cc(C2CCCN(C(=O)CNC3CC3)C2)c(F)cc1F)C1CCCCC1. The Morgan fingerprint density at radius 2 is 1.69 bits per heavy atom. The van der Waals surface area contributed by atoms with Gasteiger partial charge < -0.3 is 15.5 Å². The molecule has 1 aliphatic heterocycles. The Balaban J connectivity index is 1.50. The lowest BCUT2D eigenvalue weighted by Gasteiger charge is -2.33. The van der Waals surface area contributed by atoms with Crippen LogP contribution < -0.4 is 10.6 Å². The number of nitrogens with one attached hydrogen (secondary N) is 2. The number of rotatable bonds is 9. The van der Waals surface area contributed by atoms with Crippen LogP contribution in [0.4, 0.5) is 8.78 Å². The number of benzene rings is 1. The quantitative estimate of drug-likeness (QED) is 0.526. The summed E-state index contributed by atoms with van der Waals surface area (Å²) in [5.74, 6) is -2.95. The molecule has 3 fully saturated rings. The average molecular weight is 504 g/mol. The van der Waals surface area contributed by atoms with Crippen molar-refractivity contribution in [3.05, 3.63) is 34.9 Å². The predicted octanol–water partition coefficient (Wildman–Crippen LogP) is 4.33. The zero-order valence-electron chi connectivity index (χ0n) is 21.5. The lowest BCUT2D eigenvalue weighted by Crippen LogP contribution is -2.48. The molecule has 1 heterocycles. The minimum absolute atomic E-state index is 0.0189. The number of carbonyl (C=O) groups is 3. The zero-order valence-corrected chi connectivity index (χ0v) is 21.5. The number of hydrogen-bond donors (Lipinski definition) is 2. The molecule has 1 unspecified atom stereocenters. The molecule has 1 aromatic rings. The number of hydrogen-bond acceptors (Lipinski definition) is 4. The van der Waals surface area contributed by atoms with E-state index in [1.807, 2.05) is 0 Å². The Hall–Kier alpha value is -2.35. The number of Topliss-reactive ketones (excluding diaryl/α,β-unsaturated/α-hetero) is 1. The Labute approximate surface area is 212 Å². The van der Waals surface area contributed by atoms with Crippen molar-refractivity contribution in [2.24, 2.45) is 11.8 Å². The van der Waals surface area contributed by atoms with E-state index >= 15 is 0 Å². The maximum absolute atomic E-state index is 14.9. The first-order chi connectivity index (χ1) is 17.2. The molecular formula is C28H39F2N3O3. The Morgan fingerprint density at radius 1 is 0.972 bits per heavy atom. The molecule has 36 heavy (non-hydrogen) atoms. The molecule has 198 valence electrons. The van der Waals surface area contributed by atoms with E-state index in [-0.39, 0.29) is 47.1 Å². The van der Waals surface area contributed by atoms with E-state index in [4.69, 9.17) is 0 Å². The third-order valence-electron chi connectivity index (χ3n) is 7.95. The second-order valence-corrected chi connectivity index (χ2v) is 11.1. The van der Waals surface area contributed by atoms with E-state index in [2.05, 4.69) is 10.6 Å². The van der Waals surface area contributed by atoms with Crippen LogP contribution >= 0.6 is 0 Å². The second kappa shape index (κ2) is 11.8. The van der Waals surface area contributed by atoms with Gasteiger partial charge in [0, 0.05) is 37.0 Å². The number of piperidine rings is 1. The highest BCUT2D eigenvalue weighted by molar-refractivity contribution is 5.98. The Morgan fingerprint density at radius 3 is 2.36 bits per heavy atom. The largest absolute Gasteiger partial charge is 0.342 e. The van der Waals surface area contributed by atoms with Crippen molar-refractivity contribution < 1.29 is 23.2 Å². The van der Waals surface area contributed by atoms with E-state index in [9.17, 15) is 23.2 Å². The highest BCUT2D eigenvalue weighted by Gasteiger charge is 2.34. The van der Waals surface area contributed by atoms with Crippen LogP contribution in [0.5, 0.6) is 0 Å². The molecule has 2 saturated carbocycles. The van der Waals surface area contributed by atoms with E-state index in [1.54, 1.807) is 18.7 Å². The van der Waals surface area contributed by atoms with Crippen LogP contribution in [0.1, 0.15) is 93.5 Å². The zero-order chi connectivity index (χ0) is 25.8. The summed E-state index contributed by atoms with van der Waals surface area (Å²) >= 11 is 0. The van der Waals surface area contributed by atoms with Crippen molar-refractivity contribution in [1.29, 1.82) is 0 Å². The molecule has 8 heteroatoms. The van der Waals surface area contributed by atoms with Gasteiger partial charge in [-0.15, -0.1) is 0 Å². The van der Waals surface area contributed by atoms with Gasteiger partial charge in [0.05, 0.1) is 18.2 Å². The van der Waals surface area contributed by atoms with Crippen LogP contribution in [0.15, 0.2) is 12.1 Å². The minimum atomic E-state index is -0.939. The van der Waals surface area contributed by atoms with E-state index < -0.39 is 23.6 Å². The molecule has 0 bridgehead atoms. The number of likely N-dealkylation sites (tertiary alicyclic amines) is 1. The summed E-state index contributed by atoms with van der Waals surface area (Å²) in [6.07, 6.45) is 8.36. The fourth-order valence-corrected chi connectivity index (χ4v) is 5.61. The van der Waals surface area contributed by atoms with Crippen molar-refractivity contribution in [2.45, 2.75) is 89.6 Å². The molecular weight excluding hydrogens is 464 g/mol.